The van der Waals surface area contributed by atoms with Crippen molar-refractivity contribution < 1.29 is 50.9 Å². The molecule has 312 valence electrons. The number of aliphatic hydroxyl groups is 1. The van der Waals surface area contributed by atoms with Gasteiger partial charge in [-0.3, -0.25) is 19.1 Å². The highest BCUT2D eigenvalue weighted by Crippen LogP contribution is 2.50. The van der Waals surface area contributed by atoms with Crippen LogP contribution in [0.4, 0.5) is 8.78 Å². The van der Waals surface area contributed by atoms with Crippen molar-refractivity contribution in [3.05, 3.63) is 35.5 Å². The van der Waals surface area contributed by atoms with E-state index in [4.69, 9.17) is 14.2 Å². The standard InChI is InChI=1S/C40H53F2N5O9S/c1-5-23(2)55-30(48)19-24-11-9-7-6-8-10-12-25-20-40(25,37(51)46-57(52,53)38(3)17-18-38)45-35(49)28-21-39(22-47(28)36(24)50)16-15-26-31-27(13-14-29(44-31)54-4)43-32(34(41)42)33(26)56-39/h10,12-14,23-25,28,30,34,48H,5-9,11,15-22H2,1-4H3,(H,45,49)(H,46,51)/b12-10-/t23-,24+,25+,28-,30?,39+,40+/m0/s1. The lowest BCUT2D eigenvalue weighted by atomic mass is 9.88. The zero-order valence-electron chi connectivity index (χ0n) is 32.9. The van der Waals surface area contributed by atoms with Crippen LogP contribution in [0, 0.1) is 11.8 Å². The Kier molecular flexibility index (Phi) is 11.3. The molecule has 3 fully saturated rings. The van der Waals surface area contributed by atoms with Gasteiger partial charge in [-0.05, 0) is 77.7 Å². The second-order valence-corrected chi connectivity index (χ2v) is 19.0. The smallest absolute Gasteiger partial charge is 0.284 e. The van der Waals surface area contributed by atoms with E-state index in [0.717, 1.165) is 12.8 Å². The molecule has 5 heterocycles. The van der Waals surface area contributed by atoms with E-state index in [9.17, 15) is 36.7 Å². The predicted octanol–water partition coefficient (Wildman–Crippen LogP) is 4.77. The van der Waals surface area contributed by atoms with E-state index in [1.165, 1.54) is 18.1 Å². The Balaban J connectivity index is 1.25. The van der Waals surface area contributed by atoms with E-state index < -0.39 is 79.9 Å². The third-order valence-corrected chi connectivity index (χ3v) is 14.8. The molecule has 1 spiro atoms. The van der Waals surface area contributed by atoms with Crippen LogP contribution in [0.2, 0.25) is 0 Å². The molecular weight excluding hydrogens is 765 g/mol. The molecule has 2 aromatic rings. The van der Waals surface area contributed by atoms with Gasteiger partial charge >= 0.3 is 0 Å². The van der Waals surface area contributed by atoms with Crippen LogP contribution < -0.4 is 19.5 Å². The van der Waals surface area contributed by atoms with Gasteiger partial charge in [0.15, 0.2) is 12.0 Å². The van der Waals surface area contributed by atoms with Crippen molar-refractivity contribution in [1.29, 1.82) is 0 Å². The molecule has 1 unspecified atom stereocenters. The minimum atomic E-state index is -4.04. The number of methoxy groups -OCH3 is 1. The molecular formula is C40H53F2N5O9S. The van der Waals surface area contributed by atoms with Gasteiger partial charge in [0.25, 0.3) is 12.3 Å². The van der Waals surface area contributed by atoms with Gasteiger partial charge in [-0.15, -0.1) is 0 Å². The number of amides is 3. The molecule has 3 aliphatic heterocycles. The first kappa shape index (κ1) is 41.2. The number of halogens is 2. The summed E-state index contributed by atoms with van der Waals surface area (Å²) >= 11 is 0. The van der Waals surface area contributed by atoms with Gasteiger partial charge in [-0.2, -0.15) is 0 Å². The van der Waals surface area contributed by atoms with Crippen LogP contribution >= 0.6 is 0 Å². The van der Waals surface area contributed by atoms with Crippen molar-refractivity contribution in [2.75, 3.05) is 13.7 Å². The minimum absolute atomic E-state index is 0.0331. The fraction of sp³-hybridized carbons (Fsp3) is 0.675. The molecule has 14 nitrogen and oxygen atoms in total. The number of rotatable bonds is 10. The van der Waals surface area contributed by atoms with Crippen molar-refractivity contribution in [3.8, 4) is 11.6 Å². The molecule has 7 rings (SSSR count). The molecule has 2 aliphatic carbocycles. The fourth-order valence-electron chi connectivity index (χ4n) is 8.48. The molecule has 7 atom stereocenters. The first-order valence-corrected chi connectivity index (χ1v) is 21.6. The monoisotopic (exact) mass is 817 g/mol. The van der Waals surface area contributed by atoms with Crippen LogP contribution in [0.15, 0.2) is 24.3 Å². The topological polar surface area (TPSA) is 186 Å². The number of fused-ring (bicyclic) bond motifs is 5. The third-order valence-electron chi connectivity index (χ3n) is 12.6. The number of nitrogens with one attached hydrogen (secondary N) is 2. The van der Waals surface area contributed by atoms with Gasteiger partial charge in [0, 0.05) is 36.3 Å². The second kappa shape index (κ2) is 15.7. The molecule has 2 saturated carbocycles. The molecule has 1 saturated heterocycles. The Morgan fingerprint density at radius 3 is 2.63 bits per heavy atom. The van der Waals surface area contributed by atoms with Crippen LogP contribution in [0.3, 0.4) is 0 Å². The second-order valence-electron chi connectivity index (χ2n) is 16.8. The van der Waals surface area contributed by atoms with E-state index in [1.54, 1.807) is 13.0 Å². The molecule has 0 radical (unpaired) electrons. The number of aryl methyl sites for hydroxylation is 1. The third kappa shape index (κ3) is 8.07. The van der Waals surface area contributed by atoms with Crippen molar-refractivity contribution >= 4 is 38.8 Å². The summed E-state index contributed by atoms with van der Waals surface area (Å²) in [5.41, 5.74) is -2.48. The number of hydrogen-bond donors (Lipinski definition) is 3. The summed E-state index contributed by atoms with van der Waals surface area (Å²) in [6.45, 7) is 5.15. The summed E-state index contributed by atoms with van der Waals surface area (Å²) in [7, 11) is -2.60. The predicted molar refractivity (Wildman–Crippen MR) is 204 cm³/mol. The summed E-state index contributed by atoms with van der Waals surface area (Å²) < 4.78 is 74.6. The Bertz CT molecular complexity index is 2050. The lowest BCUT2D eigenvalue weighted by Crippen LogP contribution is -2.57. The Morgan fingerprint density at radius 2 is 1.93 bits per heavy atom. The Labute approximate surface area is 331 Å². The zero-order valence-corrected chi connectivity index (χ0v) is 33.7. The van der Waals surface area contributed by atoms with Crippen LogP contribution in [0.1, 0.15) is 116 Å². The van der Waals surface area contributed by atoms with E-state index in [0.29, 0.717) is 49.6 Å². The van der Waals surface area contributed by atoms with E-state index in [2.05, 4.69) is 20.0 Å². The van der Waals surface area contributed by atoms with Gasteiger partial charge in [0.2, 0.25) is 27.7 Å². The first-order valence-electron chi connectivity index (χ1n) is 20.1. The summed E-state index contributed by atoms with van der Waals surface area (Å²) in [6.07, 6.45) is 4.42. The van der Waals surface area contributed by atoms with Crippen molar-refractivity contribution in [2.45, 2.75) is 145 Å². The number of sulfonamides is 1. The largest absolute Gasteiger partial charge is 0.483 e. The fourth-order valence-corrected chi connectivity index (χ4v) is 9.79. The lowest BCUT2D eigenvalue weighted by molar-refractivity contribution is -0.157. The van der Waals surface area contributed by atoms with Gasteiger partial charge < -0.3 is 29.5 Å². The SMILES string of the molecule is CC[C@H](C)OC(O)C[C@H]1CCCCC/C=C\[C@@H]2C[C@@]2(C(=O)NS(=O)(=O)C2(C)CC2)NC(=O)[C@@H]2C[C@]3(CCc4c(c(C(F)F)nc5ccc(OC)nc45)O3)CN2C1=O. The van der Waals surface area contributed by atoms with Crippen LogP contribution in [0.25, 0.3) is 11.0 Å². The lowest BCUT2D eigenvalue weighted by Gasteiger charge is -2.36. The number of pyridine rings is 2. The van der Waals surface area contributed by atoms with Gasteiger partial charge in [0.1, 0.15) is 22.9 Å². The van der Waals surface area contributed by atoms with Crippen molar-refractivity contribution in [3.63, 3.8) is 0 Å². The highest BCUT2D eigenvalue weighted by Gasteiger charge is 2.64. The molecule has 3 amide bonds. The molecule has 2 aromatic heterocycles. The average molecular weight is 818 g/mol. The molecule has 17 heteroatoms. The van der Waals surface area contributed by atoms with Crippen molar-refractivity contribution in [1.82, 2.24) is 24.9 Å². The van der Waals surface area contributed by atoms with E-state index in [1.807, 2.05) is 26.0 Å². The summed E-state index contributed by atoms with van der Waals surface area (Å²) in [5, 5.41) is 13.8. The number of nitrogens with zero attached hydrogens (tertiary/aromatic N) is 3. The maximum absolute atomic E-state index is 14.8. The average Bonchev–Trinajstić information content (AvgIpc) is 4.07. The summed E-state index contributed by atoms with van der Waals surface area (Å²) in [6, 6.07) is 1.85. The Hall–Kier alpha value is -3.96. The number of alkyl halides is 2. The molecule has 57 heavy (non-hydrogen) atoms. The maximum Gasteiger partial charge on any atom is 0.284 e. The van der Waals surface area contributed by atoms with Gasteiger partial charge in [-0.25, -0.2) is 27.2 Å². The zero-order chi connectivity index (χ0) is 40.9. The first-order chi connectivity index (χ1) is 27.0. The van der Waals surface area contributed by atoms with Gasteiger partial charge in [0.05, 0.1) is 35.5 Å². The number of hydrogen-bond acceptors (Lipinski definition) is 11. The molecule has 5 aliphatic rings. The number of carbonyl (C=O) groups is 3. The number of ether oxygens (including phenoxy) is 3. The molecule has 0 aromatic carbocycles. The quantitative estimate of drug-likeness (QED) is 0.222. The van der Waals surface area contributed by atoms with E-state index >= 15 is 0 Å². The maximum atomic E-state index is 14.8. The van der Waals surface area contributed by atoms with Crippen LogP contribution in [0.5, 0.6) is 11.6 Å². The highest BCUT2D eigenvalue weighted by molar-refractivity contribution is 7.91. The number of carbonyl (C=O) groups excluding carboxylic acids is 3. The number of aromatic nitrogens is 2. The van der Waals surface area contributed by atoms with Crippen LogP contribution in [-0.2, 0) is 35.6 Å². The molecule has 3 N–H and O–H groups in total. The number of allylic oxidation sites excluding steroid dienone is 1. The normalized spacial score (nSPS) is 30.2. The minimum Gasteiger partial charge on any atom is -0.483 e. The van der Waals surface area contributed by atoms with E-state index in [-0.39, 0.29) is 61.9 Å². The number of aliphatic hydroxyl groups excluding tert-OH is 1. The Morgan fingerprint density at radius 1 is 1.16 bits per heavy atom. The summed E-state index contributed by atoms with van der Waals surface area (Å²) in [5.74, 6) is -3.13. The highest BCUT2D eigenvalue weighted by atomic mass is 32.2. The molecule has 0 bridgehead atoms. The van der Waals surface area contributed by atoms with Crippen LogP contribution in [-0.4, -0.2) is 94.1 Å². The van der Waals surface area contributed by atoms with Crippen molar-refractivity contribution in [2.24, 2.45) is 11.8 Å². The summed E-state index contributed by atoms with van der Waals surface area (Å²) in [4.78, 5) is 53.5. The van der Waals surface area contributed by atoms with Gasteiger partial charge in [-0.1, -0.05) is 31.9 Å².